The SMILES string of the molecule is CNC(=O)c1ccc(S(=O)(=O)Nc2cccc(N)c2)cc1. The Morgan fingerprint density at radius 3 is 2.33 bits per heavy atom. The van der Waals surface area contributed by atoms with Gasteiger partial charge in [0.25, 0.3) is 15.9 Å². The normalized spacial score (nSPS) is 10.9. The number of anilines is 2. The molecule has 2 aromatic rings. The molecule has 0 saturated carbocycles. The molecule has 0 unspecified atom stereocenters. The number of amides is 1. The number of carbonyl (C=O) groups excluding carboxylic acids is 1. The van der Waals surface area contributed by atoms with Crippen molar-refractivity contribution in [2.45, 2.75) is 4.90 Å². The predicted octanol–water partition coefficient (Wildman–Crippen LogP) is 1.43. The van der Waals surface area contributed by atoms with Crippen LogP contribution in [0.2, 0.25) is 0 Å². The number of nitrogen functional groups attached to an aromatic ring is 1. The number of sulfonamides is 1. The van der Waals surface area contributed by atoms with Gasteiger partial charge in [0.05, 0.1) is 10.6 Å². The molecule has 0 heterocycles. The van der Waals surface area contributed by atoms with Crippen molar-refractivity contribution in [3.63, 3.8) is 0 Å². The third-order valence-electron chi connectivity index (χ3n) is 2.79. The smallest absolute Gasteiger partial charge is 0.261 e. The van der Waals surface area contributed by atoms with E-state index in [-0.39, 0.29) is 10.8 Å². The molecular weight excluding hydrogens is 290 g/mol. The molecule has 0 aromatic heterocycles. The molecule has 0 radical (unpaired) electrons. The Hall–Kier alpha value is -2.54. The van der Waals surface area contributed by atoms with Gasteiger partial charge in [0, 0.05) is 18.3 Å². The molecule has 7 heteroatoms. The summed E-state index contributed by atoms with van der Waals surface area (Å²) in [6, 6.07) is 12.1. The summed E-state index contributed by atoms with van der Waals surface area (Å²) in [7, 11) is -2.21. The van der Waals surface area contributed by atoms with Gasteiger partial charge in [-0.2, -0.15) is 0 Å². The van der Waals surface area contributed by atoms with E-state index in [4.69, 9.17) is 5.73 Å². The van der Waals surface area contributed by atoms with Gasteiger partial charge in [-0.15, -0.1) is 0 Å². The van der Waals surface area contributed by atoms with Crippen molar-refractivity contribution in [2.75, 3.05) is 17.5 Å². The highest BCUT2D eigenvalue weighted by Gasteiger charge is 2.15. The van der Waals surface area contributed by atoms with Crippen LogP contribution in [0.4, 0.5) is 11.4 Å². The second-order valence-electron chi connectivity index (χ2n) is 4.33. The second-order valence-corrected chi connectivity index (χ2v) is 6.02. The molecule has 0 bridgehead atoms. The summed E-state index contributed by atoms with van der Waals surface area (Å²) in [4.78, 5) is 11.5. The Balaban J connectivity index is 2.25. The zero-order chi connectivity index (χ0) is 15.5. The minimum absolute atomic E-state index is 0.0672. The lowest BCUT2D eigenvalue weighted by Gasteiger charge is -2.09. The second kappa shape index (κ2) is 5.84. The lowest BCUT2D eigenvalue weighted by Crippen LogP contribution is -2.18. The Labute approximate surface area is 123 Å². The van der Waals surface area contributed by atoms with Crippen LogP contribution in [-0.2, 0) is 10.0 Å². The minimum atomic E-state index is -3.72. The summed E-state index contributed by atoms with van der Waals surface area (Å²) >= 11 is 0. The Bertz CT molecular complexity index is 755. The monoisotopic (exact) mass is 305 g/mol. The molecule has 21 heavy (non-hydrogen) atoms. The first-order chi connectivity index (χ1) is 9.92. The zero-order valence-corrected chi connectivity index (χ0v) is 12.1. The van der Waals surface area contributed by atoms with Gasteiger partial charge in [0.15, 0.2) is 0 Å². The van der Waals surface area contributed by atoms with Gasteiger partial charge in [-0.05, 0) is 42.5 Å². The lowest BCUT2D eigenvalue weighted by molar-refractivity contribution is 0.0963. The van der Waals surface area contributed by atoms with E-state index in [0.717, 1.165) is 0 Å². The zero-order valence-electron chi connectivity index (χ0n) is 11.3. The quantitative estimate of drug-likeness (QED) is 0.744. The number of hydrogen-bond donors (Lipinski definition) is 3. The summed E-state index contributed by atoms with van der Waals surface area (Å²) in [5, 5.41) is 2.47. The molecule has 0 aliphatic heterocycles. The molecule has 0 aliphatic carbocycles. The number of carbonyl (C=O) groups is 1. The largest absolute Gasteiger partial charge is 0.399 e. The van der Waals surface area contributed by atoms with Crippen LogP contribution in [0.25, 0.3) is 0 Å². The van der Waals surface area contributed by atoms with Crippen LogP contribution < -0.4 is 15.8 Å². The van der Waals surface area contributed by atoms with Crippen LogP contribution in [0, 0.1) is 0 Å². The molecule has 0 aliphatic rings. The van der Waals surface area contributed by atoms with E-state index >= 15 is 0 Å². The summed E-state index contributed by atoms with van der Waals surface area (Å²) in [5.74, 6) is -0.275. The molecule has 4 N–H and O–H groups in total. The third-order valence-corrected chi connectivity index (χ3v) is 4.19. The van der Waals surface area contributed by atoms with Crippen molar-refractivity contribution in [3.05, 3.63) is 54.1 Å². The Morgan fingerprint density at radius 2 is 1.76 bits per heavy atom. The topological polar surface area (TPSA) is 101 Å². The van der Waals surface area contributed by atoms with Gasteiger partial charge < -0.3 is 11.1 Å². The minimum Gasteiger partial charge on any atom is -0.399 e. The summed E-state index contributed by atoms with van der Waals surface area (Å²) in [6.07, 6.45) is 0. The van der Waals surface area contributed by atoms with Crippen LogP contribution in [0.3, 0.4) is 0 Å². The maximum Gasteiger partial charge on any atom is 0.261 e. The third kappa shape index (κ3) is 3.51. The number of nitrogens with one attached hydrogen (secondary N) is 2. The molecule has 2 aromatic carbocycles. The van der Waals surface area contributed by atoms with E-state index in [9.17, 15) is 13.2 Å². The van der Waals surface area contributed by atoms with E-state index in [2.05, 4.69) is 10.0 Å². The molecule has 0 fully saturated rings. The van der Waals surface area contributed by atoms with Crippen molar-refractivity contribution >= 4 is 27.3 Å². The van der Waals surface area contributed by atoms with E-state index in [1.54, 1.807) is 18.2 Å². The fourth-order valence-electron chi connectivity index (χ4n) is 1.75. The van der Waals surface area contributed by atoms with Crippen molar-refractivity contribution in [3.8, 4) is 0 Å². The van der Waals surface area contributed by atoms with Crippen LogP contribution in [0.1, 0.15) is 10.4 Å². The predicted molar refractivity (Wildman–Crippen MR) is 81.5 cm³/mol. The molecule has 0 atom stereocenters. The highest BCUT2D eigenvalue weighted by molar-refractivity contribution is 7.92. The van der Waals surface area contributed by atoms with E-state index in [1.807, 2.05) is 0 Å². The van der Waals surface area contributed by atoms with E-state index in [0.29, 0.717) is 16.9 Å². The molecule has 0 spiro atoms. The van der Waals surface area contributed by atoms with E-state index < -0.39 is 10.0 Å². The van der Waals surface area contributed by atoms with Crippen molar-refractivity contribution < 1.29 is 13.2 Å². The number of benzene rings is 2. The maximum atomic E-state index is 12.2. The first kappa shape index (κ1) is 14.9. The highest BCUT2D eigenvalue weighted by atomic mass is 32.2. The average Bonchev–Trinajstić information content (AvgIpc) is 2.46. The van der Waals surface area contributed by atoms with E-state index in [1.165, 1.54) is 37.4 Å². The summed E-state index contributed by atoms with van der Waals surface area (Å²) < 4.78 is 26.9. The van der Waals surface area contributed by atoms with Crippen molar-refractivity contribution in [1.29, 1.82) is 0 Å². The van der Waals surface area contributed by atoms with Gasteiger partial charge in [-0.1, -0.05) is 6.07 Å². The first-order valence-electron chi connectivity index (χ1n) is 6.13. The highest BCUT2D eigenvalue weighted by Crippen LogP contribution is 2.18. The Morgan fingerprint density at radius 1 is 1.10 bits per heavy atom. The summed E-state index contributed by atoms with van der Waals surface area (Å²) in [6.45, 7) is 0. The van der Waals surface area contributed by atoms with Gasteiger partial charge >= 0.3 is 0 Å². The molecule has 6 nitrogen and oxygen atoms in total. The lowest BCUT2D eigenvalue weighted by atomic mass is 10.2. The van der Waals surface area contributed by atoms with Gasteiger partial charge in [-0.25, -0.2) is 8.42 Å². The average molecular weight is 305 g/mol. The Kier molecular flexibility index (Phi) is 4.13. The molecule has 110 valence electrons. The van der Waals surface area contributed by atoms with Crippen molar-refractivity contribution in [1.82, 2.24) is 5.32 Å². The van der Waals surface area contributed by atoms with Crippen LogP contribution in [0.15, 0.2) is 53.4 Å². The molecule has 2 rings (SSSR count). The summed E-state index contributed by atoms with van der Waals surface area (Å²) in [5.41, 5.74) is 6.84. The maximum absolute atomic E-state index is 12.2. The van der Waals surface area contributed by atoms with Crippen LogP contribution in [-0.4, -0.2) is 21.4 Å². The van der Waals surface area contributed by atoms with Gasteiger partial charge in [0.2, 0.25) is 0 Å². The fourth-order valence-corrected chi connectivity index (χ4v) is 2.80. The molecule has 0 saturated heterocycles. The van der Waals surface area contributed by atoms with Gasteiger partial charge in [-0.3, -0.25) is 9.52 Å². The first-order valence-corrected chi connectivity index (χ1v) is 7.61. The van der Waals surface area contributed by atoms with Gasteiger partial charge in [0.1, 0.15) is 0 Å². The fraction of sp³-hybridized carbons (Fsp3) is 0.0714. The number of rotatable bonds is 4. The number of hydrogen-bond acceptors (Lipinski definition) is 4. The number of nitrogens with two attached hydrogens (primary N) is 1. The van der Waals surface area contributed by atoms with Crippen LogP contribution >= 0.6 is 0 Å². The molecule has 1 amide bonds. The molecular formula is C14H15N3O3S. The standard InChI is InChI=1S/C14H15N3O3S/c1-16-14(18)10-5-7-13(8-6-10)21(19,20)17-12-4-2-3-11(15)9-12/h2-9,17H,15H2,1H3,(H,16,18). The van der Waals surface area contributed by atoms with Crippen molar-refractivity contribution in [2.24, 2.45) is 0 Å². The van der Waals surface area contributed by atoms with Crippen LogP contribution in [0.5, 0.6) is 0 Å².